The highest BCUT2D eigenvalue weighted by Gasteiger charge is 2.49. The van der Waals surface area contributed by atoms with Crippen LogP contribution in [0.15, 0.2) is 24.3 Å². The van der Waals surface area contributed by atoms with Crippen molar-refractivity contribution in [1.29, 1.82) is 0 Å². The second-order valence-electron chi connectivity index (χ2n) is 14.4. The SMILES string of the molecule is Cc1c2c(nn1[C@@H]1CCN(C(=O)OC(C)(C)C)C(C)(C)C1)-c1ccccc1OC21CCN(C(=O)NC2(C)CC2)CC1. The summed E-state index contributed by atoms with van der Waals surface area (Å²) in [6.07, 6.45) is 4.84. The van der Waals surface area contributed by atoms with Crippen LogP contribution >= 0.6 is 0 Å². The van der Waals surface area contributed by atoms with Crippen LogP contribution in [0.4, 0.5) is 9.59 Å². The van der Waals surface area contributed by atoms with Gasteiger partial charge < -0.3 is 24.6 Å². The fourth-order valence-corrected chi connectivity index (χ4v) is 6.93. The Morgan fingerprint density at radius 2 is 1.73 bits per heavy atom. The van der Waals surface area contributed by atoms with Crippen LogP contribution in [0.1, 0.15) is 97.4 Å². The number of piperidine rings is 2. The molecule has 0 bridgehead atoms. The number of fused-ring (bicyclic) bond motifs is 4. The number of nitrogens with one attached hydrogen (secondary N) is 1. The molecule has 3 amide bonds. The second-order valence-corrected chi connectivity index (χ2v) is 14.4. The van der Waals surface area contributed by atoms with Crippen LogP contribution in [0, 0.1) is 6.92 Å². The maximum Gasteiger partial charge on any atom is 0.410 e. The number of carbonyl (C=O) groups is 2. The van der Waals surface area contributed by atoms with E-state index in [1.165, 1.54) is 0 Å². The number of nitrogens with zero attached hydrogens (tertiary/aromatic N) is 4. The van der Waals surface area contributed by atoms with Crippen LogP contribution in [0.5, 0.6) is 5.75 Å². The quantitative estimate of drug-likeness (QED) is 0.473. The van der Waals surface area contributed by atoms with Crippen LogP contribution < -0.4 is 10.1 Å². The van der Waals surface area contributed by atoms with Crippen molar-refractivity contribution in [2.45, 2.75) is 115 Å². The van der Waals surface area contributed by atoms with Crippen LogP contribution in [-0.2, 0) is 10.3 Å². The van der Waals surface area contributed by atoms with Gasteiger partial charge in [0.2, 0.25) is 0 Å². The van der Waals surface area contributed by atoms with E-state index < -0.39 is 11.2 Å². The van der Waals surface area contributed by atoms with E-state index >= 15 is 0 Å². The molecule has 0 unspecified atom stereocenters. The number of benzene rings is 1. The lowest BCUT2D eigenvalue weighted by molar-refractivity contribution is -0.0145. The molecule has 1 aromatic carbocycles. The summed E-state index contributed by atoms with van der Waals surface area (Å²) in [6, 6.07) is 8.34. The minimum Gasteiger partial charge on any atom is -0.482 e. The summed E-state index contributed by atoms with van der Waals surface area (Å²) >= 11 is 0. The molecule has 1 aliphatic carbocycles. The average Bonchev–Trinajstić information content (AvgIpc) is 3.49. The second kappa shape index (κ2) is 9.39. The third-order valence-corrected chi connectivity index (χ3v) is 9.43. The summed E-state index contributed by atoms with van der Waals surface area (Å²) in [5.41, 5.74) is 2.79. The van der Waals surface area contributed by atoms with Crippen LogP contribution in [-0.4, -0.2) is 68.0 Å². The topological polar surface area (TPSA) is 88.9 Å². The predicted octanol–water partition coefficient (Wildman–Crippen LogP) is 6.15. The number of para-hydroxylation sites is 1. The van der Waals surface area contributed by atoms with Crippen molar-refractivity contribution in [2.24, 2.45) is 0 Å². The summed E-state index contributed by atoms with van der Waals surface area (Å²) in [6.45, 7) is 16.1. The molecule has 2 aromatic rings. The number of ether oxygens (including phenoxy) is 2. The molecule has 1 N–H and O–H groups in total. The van der Waals surface area contributed by atoms with Gasteiger partial charge in [0.05, 0.1) is 6.04 Å². The first-order valence-electron chi connectivity index (χ1n) is 15.2. The van der Waals surface area contributed by atoms with Crippen molar-refractivity contribution in [1.82, 2.24) is 24.9 Å². The number of aromatic nitrogens is 2. The molecule has 4 heterocycles. The summed E-state index contributed by atoms with van der Waals surface area (Å²) < 4.78 is 14.8. The first-order chi connectivity index (χ1) is 19.2. The molecule has 222 valence electrons. The van der Waals surface area contributed by atoms with E-state index in [-0.39, 0.29) is 29.2 Å². The number of urea groups is 1. The van der Waals surface area contributed by atoms with E-state index in [0.29, 0.717) is 32.5 Å². The Morgan fingerprint density at radius 1 is 1.05 bits per heavy atom. The number of hydrogen-bond donors (Lipinski definition) is 1. The Labute approximate surface area is 243 Å². The zero-order valence-corrected chi connectivity index (χ0v) is 25.7. The van der Waals surface area contributed by atoms with Crippen molar-refractivity contribution < 1.29 is 19.1 Å². The third-order valence-electron chi connectivity index (χ3n) is 9.43. The summed E-state index contributed by atoms with van der Waals surface area (Å²) in [4.78, 5) is 29.8. The van der Waals surface area contributed by atoms with Gasteiger partial charge in [-0.1, -0.05) is 12.1 Å². The highest BCUT2D eigenvalue weighted by molar-refractivity contribution is 5.77. The molecule has 4 aliphatic rings. The summed E-state index contributed by atoms with van der Waals surface area (Å²) in [5.74, 6) is 0.855. The Balaban J connectivity index is 1.28. The van der Waals surface area contributed by atoms with Crippen LogP contribution in [0.25, 0.3) is 11.3 Å². The van der Waals surface area contributed by atoms with Gasteiger partial charge in [0.1, 0.15) is 22.6 Å². The van der Waals surface area contributed by atoms with E-state index in [0.717, 1.165) is 53.9 Å². The molecule has 1 aromatic heterocycles. The summed E-state index contributed by atoms with van der Waals surface area (Å²) in [5, 5.41) is 8.49. The van der Waals surface area contributed by atoms with Crippen molar-refractivity contribution in [2.75, 3.05) is 19.6 Å². The van der Waals surface area contributed by atoms with Gasteiger partial charge in [0.25, 0.3) is 0 Å². The maximum atomic E-state index is 13.0. The molecular weight excluding hydrogens is 518 g/mol. The van der Waals surface area contributed by atoms with Crippen LogP contribution in [0.2, 0.25) is 0 Å². The standard InChI is InChI=1S/C32H45N5O4/c1-21-25-26(34-37(21)22-12-17-36(30(5,6)20-22)28(39)41-29(2,3)4)23-10-8-9-11-24(23)40-32(25)15-18-35(19-16-32)27(38)33-31(7)13-14-31/h8-11,22H,12-20H2,1-7H3,(H,33,38)/t22-/m1/s1. The smallest absolute Gasteiger partial charge is 0.410 e. The average molecular weight is 564 g/mol. The van der Waals surface area contributed by atoms with E-state index in [9.17, 15) is 9.59 Å². The van der Waals surface area contributed by atoms with E-state index in [2.05, 4.69) is 43.8 Å². The van der Waals surface area contributed by atoms with Crippen molar-refractivity contribution >= 4 is 12.1 Å². The monoisotopic (exact) mass is 563 g/mol. The van der Waals surface area contributed by atoms with Gasteiger partial charge in [0, 0.05) is 60.4 Å². The number of amides is 3. The minimum atomic E-state index is -0.532. The van der Waals surface area contributed by atoms with Crippen molar-refractivity contribution in [3.8, 4) is 17.0 Å². The fraction of sp³-hybridized carbons (Fsp3) is 0.656. The largest absolute Gasteiger partial charge is 0.482 e. The molecule has 1 saturated carbocycles. The van der Waals surface area contributed by atoms with Gasteiger partial charge in [0.15, 0.2) is 0 Å². The molecular formula is C32H45N5O4. The van der Waals surface area contributed by atoms with Crippen LogP contribution in [0.3, 0.4) is 0 Å². The highest BCUT2D eigenvalue weighted by atomic mass is 16.6. The lowest BCUT2D eigenvalue weighted by atomic mass is 9.79. The zero-order chi connectivity index (χ0) is 29.4. The molecule has 3 fully saturated rings. The molecule has 3 aliphatic heterocycles. The Bertz CT molecular complexity index is 1360. The Hall–Kier alpha value is -3.23. The predicted molar refractivity (Wildman–Crippen MR) is 157 cm³/mol. The molecule has 41 heavy (non-hydrogen) atoms. The van der Waals surface area contributed by atoms with E-state index in [1.807, 2.05) is 48.8 Å². The molecule has 9 nitrogen and oxygen atoms in total. The van der Waals surface area contributed by atoms with E-state index in [1.54, 1.807) is 0 Å². The minimum absolute atomic E-state index is 0.0303. The first-order valence-corrected chi connectivity index (χ1v) is 15.2. The van der Waals surface area contributed by atoms with Gasteiger partial charge in [-0.3, -0.25) is 4.68 Å². The third kappa shape index (κ3) is 5.06. The molecule has 1 spiro atoms. The normalized spacial score (nSPS) is 23.7. The van der Waals surface area contributed by atoms with Gasteiger partial charge in [-0.15, -0.1) is 0 Å². The lowest BCUT2D eigenvalue weighted by Gasteiger charge is -2.46. The molecule has 6 rings (SSSR count). The molecule has 2 saturated heterocycles. The van der Waals surface area contributed by atoms with E-state index in [4.69, 9.17) is 14.6 Å². The summed E-state index contributed by atoms with van der Waals surface area (Å²) in [7, 11) is 0. The Morgan fingerprint density at radius 3 is 2.37 bits per heavy atom. The Kier molecular flexibility index (Phi) is 6.40. The number of hydrogen-bond acceptors (Lipinski definition) is 5. The van der Waals surface area contributed by atoms with Gasteiger partial charge >= 0.3 is 12.1 Å². The van der Waals surface area contributed by atoms with Crippen molar-refractivity contribution in [3.63, 3.8) is 0 Å². The number of rotatable bonds is 2. The number of likely N-dealkylation sites (tertiary alicyclic amines) is 2. The van der Waals surface area contributed by atoms with Gasteiger partial charge in [-0.25, -0.2) is 9.59 Å². The van der Waals surface area contributed by atoms with Gasteiger partial charge in [-0.2, -0.15) is 5.10 Å². The fourth-order valence-electron chi connectivity index (χ4n) is 6.93. The molecule has 9 heteroatoms. The zero-order valence-electron chi connectivity index (χ0n) is 25.7. The van der Waals surface area contributed by atoms with Gasteiger partial charge in [-0.05, 0) is 86.3 Å². The maximum absolute atomic E-state index is 13.0. The lowest BCUT2D eigenvalue weighted by Crippen LogP contribution is -2.54. The molecule has 0 radical (unpaired) electrons. The highest BCUT2D eigenvalue weighted by Crippen LogP contribution is 2.51. The molecule has 1 atom stereocenters. The number of carbonyl (C=O) groups excluding carboxylic acids is 2. The first kappa shape index (κ1) is 27.9. The van der Waals surface area contributed by atoms with Crippen molar-refractivity contribution in [3.05, 3.63) is 35.5 Å².